The first-order valence-corrected chi connectivity index (χ1v) is 6.71. The van der Waals surface area contributed by atoms with Gasteiger partial charge in [-0.15, -0.1) is 0 Å². The lowest BCUT2D eigenvalue weighted by atomic mass is 10.0. The normalized spacial score (nSPS) is 12.7. The molecule has 0 radical (unpaired) electrons. The number of non-ortho nitro benzene ring substituents is 1. The fraction of sp³-hybridized carbons (Fsp3) is 0.188. The summed E-state index contributed by atoms with van der Waals surface area (Å²) in [5.74, 6) is 0.822. The summed E-state index contributed by atoms with van der Waals surface area (Å²) in [5, 5.41) is 10.9. The Morgan fingerprint density at radius 1 is 1.23 bits per heavy atom. The fourth-order valence-corrected chi connectivity index (χ4v) is 2.58. The van der Waals surface area contributed by atoms with Gasteiger partial charge in [-0.2, -0.15) is 4.58 Å². The van der Waals surface area contributed by atoms with Gasteiger partial charge >= 0.3 is 0 Å². The van der Waals surface area contributed by atoms with Gasteiger partial charge in [-0.1, -0.05) is 12.1 Å². The Bertz CT molecular complexity index is 744. The molecule has 5 nitrogen and oxygen atoms in total. The second-order valence-electron chi connectivity index (χ2n) is 4.88. The van der Waals surface area contributed by atoms with Crippen molar-refractivity contribution >= 4 is 17.6 Å². The predicted molar refractivity (Wildman–Crippen MR) is 79.7 cm³/mol. The van der Waals surface area contributed by atoms with Crippen molar-refractivity contribution in [3.05, 3.63) is 63.7 Å². The lowest BCUT2D eigenvalue weighted by Gasteiger charge is -2.14. The molecule has 0 amide bonds. The highest BCUT2D eigenvalue weighted by Gasteiger charge is 2.22. The number of fused-ring (bicyclic) bond motifs is 1. The molecular weight excluding hydrogens is 348 g/mol. The number of nitro groups is 1. The van der Waals surface area contributed by atoms with Crippen molar-refractivity contribution in [2.24, 2.45) is 0 Å². The van der Waals surface area contributed by atoms with Gasteiger partial charge in [-0.05, 0) is 17.7 Å². The molecule has 0 N–H and O–H groups in total. The molecule has 1 aliphatic rings. The van der Waals surface area contributed by atoms with E-state index < -0.39 is 0 Å². The first-order chi connectivity index (χ1) is 10.2. The summed E-state index contributed by atoms with van der Waals surface area (Å²) in [6, 6.07) is 12.7. The lowest BCUT2D eigenvalue weighted by Crippen LogP contribution is -3.00. The Hall–Kier alpha value is -2.21. The van der Waals surface area contributed by atoms with Gasteiger partial charge in [-0.25, -0.2) is 0 Å². The minimum Gasteiger partial charge on any atom is -1.00 e. The predicted octanol–water partition coefficient (Wildman–Crippen LogP) is -0.0734. The number of benzene rings is 2. The highest BCUT2D eigenvalue weighted by molar-refractivity contribution is 5.84. The molecule has 0 bridgehead atoms. The number of nitrogens with zero attached hydrogens (tertiary/aromatic N) is 2. The molecule has 0 aromatic heterocycles. The van der Waals surface area contributed by atoms with E-state index >= 15 is 0 Å². The van der Waals surface area contributed by atoms with Crippen LogP contribution < -0.4 is 21.7 Å². The topological polar surface area (TPSA) is 55.4 Å². The van der Waals surface area contributed by atoms with Crippen LogP contribution in [0.3, 0.4) is 0 Å². The number of methoxy groups -OCH3 is 1. The molecule has 114 valence electrons. The monoisotopic (exact) mass is 362 g/mol. The summed E-state index contributed by atoms with van der Waals surface area (Å²) in [6.45, 7) is 0.793. The Morgan fingerprint density at radius 3 is 2.73 bits per heavy atom. The molecule has 0 spiro atoms. The summed E-state index contributed by atoms with van der Waals surface area (Å²) in [7, 11) is 1.65. The van der Waals surface area contributed by atoms with Gasteiger partial charge in [0, 0.05) is 18.6 Å². The number of ether oxygens (including phenoxy) is 1. The van der Waals surface area contributed by atoms with Crippen molar-refractivity contribution < 1.29 is 31.2 Å². The van der Waals surface area contributed by atoms with Crippen LogP contribution >= 0.6 is 0 Å². The Balaban J connectivity index is 0.00000176. The van der Waals surface area contributed by atoms with Gasteiger partial charge < -0.3 is 21.7 Å². The van der Waals surface area contributed by atoms with E-state index in [9.17, 15) is 10.1 Å². The van der Waals surface area contributed by atoms with Gasteiger partial charge in [-0.3, -0.25) is 10.1 Å². The molecule has 0 atom stereocenters. The largest absolute Gasteiger partial charge is 1.00 e. The molecule has 0 saturated heterocycles. The van der Waals surface area contributed by atoms with Crippen LogP contribution in [0.5, 0.6) is 5.75 Å². The van der Waals surface area contributed by atoms with Crippen molar-refractivity contribution in [2.75, 3.05) is 13.7 Å². The molecule has 3 rings (SSSR count). The molecule has 0 aliphatic carbocycles. The average Bonchev–Trinajstić information content (AvgIpc) is 2.53. The van der Waals surface area contributed by atoms with Crippen molar-refractivity contribution in [3.8, 4) is 5.75 Å². The minimum atomic E-state index is -0.373. The fourth-order valence-electron chi connectivity index (χ4n) is 2.58. The smallest absolute Gasteiger partial charge is 0.276 e. The highest BCUT2D eigenvalue weighted by atomic mass is 79.9. The number of hydrogen-bond acceptors (Lipinski definition) is 3. The average molecular weight is 363 g/mol. The Morgan fingerprint density at radius 2 is 2.00 bits per heavy atom. The SMILES string of the molecule is COc1cccc2c1C=[N+](c1cccc([N+](=O)[O-])c1)CC2.[Br-]. The molecule has 0 saturated carbocycles. The van der Waals surface area contributed by atoms with Crippen molar-refractivity contribution in [1.29, 1.82) is 0 Å². The van der Waals surface area contributed by atoms with Crippen LogP contribution in [0, 0.1) is 10.1 Å². The van der Waals surface area contributed by atoms with Crippen LogP contribution in [0.1, 0.15) is 11.1 Å². The van der Waals surface area contributed by atoms with E-state index in [1.165, 1.54) is 11.6 Å². The van der Waals surface area contributed by atoms with Gasteiger partial charge in [0.1, 0.15) is 5.75 Å². The summed E-state index contributed by atoms with van der Waals surface area (Å²) >= 11 is 0. The Labute approximate surface area is 138 Å². The maximum absolute atomic E-state index is 10.9. The molecule has 22 heavy (non-hydrogen) atoms. The molecule has 0 fully saturated rings. The van der Waals surface area contributed by atoms with E-state index in [-0.39, 0.29) is 27.6 Å². The minimum absolute atomic E-state index is 0. The summed E-state index contributed by atoms with van der Waals surface area (Å²) in [5.41, 5.74) is 3.20. The number of hydrogen-bond donors (Lipinski definition) is 0. The summed E-state index contributed by atoms with van der Waals surface area (Å²) in [4.78, 5) is 10.5. The molecular formula is C16H15BrN2O3. The van der Waals surface area contributed by atoms with Crippen LogP contribution in [0.4, 0.5) is 11.4 Å². The van der Waals surface area contributed by atoms with E-state index in [4.69, 9.17) is 4.74 Å². The quantitative estimate of drug-likeness (QED) is 0.436. The van der Waals surface area contributed by atoms with Crippen molar-refractivity contribution in [1.82, 2.24) is 0 Å². The molecule has 2 aromatic rings. The molecule has 1 heterocycles. The van der Waals surface area contributed by atoms with Gasteiger partial charge in [0.25, 0.3) is 5.69 Å². The van der Waals surface area contributed by atoms with Crippen molar-refractivity contribution in [3.63, 3.8) is 0 Å². The van der Waals surface area contributed by atoms with Gasteiger partial charge in [0.15, 0.2) is 12.8 Å². The third-order valence-corrected chi connectivity index (χ3v) is 3.66. The maximum Gasteiger partial charge on any atom is 0.276 e. The maximum atomic E-state index is 10.9. The third-order valence-electron chi connectivity index (χ3n) is 3.66. The van der Waals surface area contributed by atoms with Crippen LogP contribution in [0.2, 0.25) is 0 Å². The Kier molecular flexibility index (Phi) is 4.92. The van der Waals surface area contributed by atoms with Gasteiger partial charge in [0.2, 0.25) is 5.69 Å². The first kappa shape index (κ1) is 16.2. The summed E-state index contributed by atoms with van der Waals surface area (Å²) < 4.78 is 7.42. The van der Waals surface area contributed by atoms with E-state index in [1.807, 2.05) is 29.0 Å². The first-order valence-electron chi connectivity index (χ1n) is 6.71. The number of rotatable bonds is 3. The van der Waals surface area contributed by atoms with Gasteiger partial charge in [0.05, 0.1) is 23.7 Å². The second-order valence-corrected chi connectivity index (χ2v) is 4.88. The molecule has 1 aliphatic heterocycles. The van der Waals surface area contributed by atoms with E-state index in [0.717, 1.165) is 30.0 Å². The lowest BCUT2D eigenvalue weighted by molar-refractivity contribution is -0.437. The van der Waals surface area contributed by atoms with Crippen LogP contribution in [-0.2, 0) is 6.42 Å². The van der Waals surface area contributed by atoms with E-state index in [0.29, 0.717) is 0 Å². The zero-order valence-corrected chi connectivity index (χ0v) is 13.6. The highest BCUT2D eigenvalue weighted by Crippen LogP contribution is 2.26. The van der Waals surface area contributed by atoms with E-state index in [1.54, 1.807) is 19.2 Å². The third kappa shape index (κ3) is 3.01. The zero-order valence-electron chi connectivity index (χ0n) is 12.0. The standard InChI is InChI=1S/C16H15N2O3.BrH/c1-21-16-7-2-4-12-8-9-17(11-15(12)16)13-5-3-6-14(10-13)18(19)20;/h2-7,10-11H,8-9H2,1H3;1H/q+1;/p-1. The molecule has 6 heteroatoms. The van der Waals surface area contributed by atoms with Crippen LogP contribution in [0.15, 0.2) is 42.5 Å². The zero-order chi connectivity index (χ0) is 14.8. The number of nitro benzene ring substituents is 1. The number of halogens is 1. The molecule has 2 aromatic carbocycles. The molecule has 0 unspecified atom stereocenters. The van der Waals surface area contributed by atoms with E-state index in [2.05, 4.69) is 6.07 Å². The van der Waals surface area contributed by atoms with Crippen molar-refractivity contribution in [2.45, 2.75) is 6.42 Å². The summed E-state index contributed by atoms with van der Waals surface area (Å²) in [6.07, 6.45) is 2.88. The van der Waals surface area contributed by atoms with Crippen LogP contribution in [0.25, 0.3) is 0 Å². The second kappa shape index (κ2) is 6.70. The van der Waals surface area contributed by atoms with Crippen LogP contribution in [-0.4, -0.2) is 29.4 Å².